The van der Waals surface area contributed by atoms with Crippen LogP contribution in [0.2, 0.25) is 0 Å². The van der Waals surface area contributed by atoms with Gasteiger partial charge in [0, 0.05) is 54.9 Å². The minimum Gasteiger partial charge on any atom is -0.376 e. The Bertz CT molecular complexity index is 1490. The van der Waals surface area contributed by atoms with Crippen molar-refractivity contribution in [3.8, 4) is 0 Å². The van der Waals surface area contributed by atoms with Gasteiger partial charge in [-0.2, -0.15) is 0 Å². The van der Waals surface area contributed by atoms with E-state index in [9.17, 15) is 9.18 Å². The zero-order valence-electron chi connectivity index (χ0n) is 21.7. The van der Waals surface area contributed by atoms with Crippen molar-refractivity contribution in [1.29, 1.82) is 0 Å². The Balaban J connectivity index is 1.38. The molecule has 0 aliphatic carbocycles. The van der Waals surface area contributed by atoms with Gasteiger partial charge in [0.1, 0.15) is 11.9 Å². The first-order valence-corrected chi connectivity index (χ1v) is 13.2. The largest absolute Gasteiger partial charge is 0.376 e. The molecule has 0 unspecified atom stereocenters. The Kier molecular flexibility index (Phi) is 6.67. The number of pyridine rings is 1. The topological polar surface area (TPSA) is 92.2 Å². The lowest BCUT2D eigenvalue weighted by molar-refractivity contribution is 0.0906. The fourth-order valence-corrected chi connectivity index (χ4v) is 5.80. The molecule has 0 radical (unpaired) electrons. The van der Waals surface area contributed by atoms with Crippen molar-refractivity contribution < 1.29 is 9.13 Å². The van der Waals surface area contributed by atoms with E-state index in [1.54, 1.807) is 4.68 Å². The molecule has 1 N–H and O–H groups in total. The van der Waals surface area contributed by atoms with Crippen molar-refractivity contribution >= 4 is 16.6 Å². The Morgan fingerprint density at radius 3 is 2.63 bits per heavy atom. The summed E-state index contributed by atoms with van der Waals surface area (Å²) in [4.78, 5) is 21.2. The molecule has 4 heterocycles. The lowest BCUT2D eigenvalue weighted by atomic mass is 9.99. The first-order valence-electron chi connectivity index (χ1n) is 13.2. The Morgan fingerprint density at radius 2 is 1.89 bits per heavy atom. The maximum Gasteiger partial charge on any atom is 0.253 e. The summed E-state index contributed by atoms with van der Waals surface area (Å²) in [5, 5.41) is 13.8. The first-order chi connectivity index (χ1) is 18.5. The highest BCUT2D eigenvalue weighted by Crippen LogP contribution is 2.30. The predicted molar refractivity (Wildman–Crippen MR) is 143 cm³/mol. The Labute approximate surface area is 220 Å². The van der Waals surface area contributed by atoms with Crippen LogP contribution in [0.4, 0.5) is 10.1 Å². The molecule has 0 saturated carbocycles. The van der Waals surface area contributed by atoms with Gasteiger partial charge >= 0.3 is 0 Å². The van der Waals surface area contributed by atoms with E-state index in [0.29, 0.717) is 31.0 Å². The van der Waals surface area contributed by atoms with Crippen LogP contribution in [0, 0.1) is 19.7 Å². The average molecular weight is 518 g/mol. The van der Waals surface area contributed by atoms with Crippen LogP contribution in [-0.2, 0) is 11.3 Å². The van der Waals surface area contributed by atoms with E-state index in [1.807, 2.05) is 31.2 Å². The summed E-state index contributed by atoms with van der Waals surface area (Å²) in [5.74, 6) is 0.400. The highest BCUT2D eigenvalue weighted by molar-refractivity contribution is 5.83. The fourth-order valence-electron chi connectivity index (χ4n) is 5.80. The van der Waals surface area contributed by atoms with Gasteiger partial charge in [0.2, 0.25) is 0 Å². The molecule has 0 bridgehead atoms. The lowest BCUT2D eigenvalue weighted by Gasteiger charge is -2.39. The second-order valence-corrected chi connectivity index (χ2v) is 10.4. The molecular weight excluding hydrogens is 485 g/mol. The van der Waals surface area contributed by atoms with Crippen LogP contribution >= 0.6 is 0 Å². The zero-order valence-corrected chi connectivity index (χ0v) is 21.7. The van der Waals surface area contributed by atoms with Crippen molar-refractivity contribution in [3.63, 3.8) is 0 Å². The molecule has 38 heavy (non-hydrogen) atoms. The molecule has 2 atom stereocenters. The van der Waals surface area contributed by atoms with Crippen LogP contribution < -0.4 is 10.5 Å². The van der Waals surface area contributed by atoms with Crippen LogP contribution in [0.15, 0.2) is 47.3 Å². The number of nitrogens with zero attached hydrogens (tertiary/aromatic N) is 6. The van der Waals surface area contributed by atoms with Gasteiger partial charge in [-0.1, -0.05) is 6.07 Å². The molecule has 6 rings (SSSR count). The standard InChI is InChI=1S/C28H32FN7O2/c1-18-14-19(2)23-16-24(28(37)30-25(23)15-18)26(27-31-32-33-36(27)17-22-4-3-13-38-22)35-11-9-34(10-12-35)21-7-5-20(29)6-8-21/h5-8,14-16,22,26H,3-4,9-13,17H2,1-2H3,(H,30,37)/t22-,26-/m0/s1. The van der Waals surface area contributed by atoms with Crippen molar-refractivity contribution in [2.45, 2.75) is 45.4 Å². The molecule has 0 spiro atoms. The molecule has 4 aromatic rings. The number of benzene rings is 2. The van der Waals surface area contributed by atoms with E-state index in [0.717, 1.165) is 60.3 Å². The molecule has 2 aromatic carbocycles. The zero-order chi connectivity index (χ0) is 26.2. The molecule has 2 aromatic heterocycles. The molecule has 2 saturated heterocycles. The molecule has 198 valence electrons. The first kappa shape index (κ1) is 24.7. The lowest BCUT2D eigenvalue weighted by Crippen LogP contribution is -2.49. The van der Waals surface area contributed by atoms with Crippen LogP contribution in [0.3, 0.4) is 0 Å². The quantitative estimate of drug-likeness (QED) is 0.419. The fraction of sp³-hybridized carbons (Fsp3) is 0.429. The van der Waals surface area contributed by atoms with Crippen molar-refractivity contribution in [3.05, 3.63) is 81.2 Å². The highest BCUT2D eigenvalue weighted by atomic mass is 19.1. The predicted octanol–water partition coefficient (Wildman–Crippen LogP) is 3.36. The monoisotopic (exact) mass is 517 g/mol. The number of piperazine rings is 1. The van der Waals surface area contributed by atoms with E-state index in [2.05, 4.69) is 43.3 Å². The molecule has 0 amide bonds. The van der Waals surface area contributed by atoms with Crippen molar-refractivity contribution in [2.75, 3.05) is 37.7 Å². The number of nitrogens with one attached hydrogen (secondary N) is 1. The number of hydrogen-bond donors (Lipinski definition) is 1. The van der Waals surface area contributed by atoms with Crippen LogP contribution in [-0.4, -0.2) is 69.0 Å². The number of halogens is 1. The molecule has 2 fully saturated rings. The smallest absolute Gasteiger partial charge is 0.253 e. The number of ether oxygens (including phenoxy) is 1. The SMILES string of the molecule is Cc1cc(C)c2cc([C@@H](c3nnnn3C[C@@H]3CCCO3)N3CCN(c4ccc(F)cc4)CC3)c(=O)[nH]c2c1. The normalized spacial score (nSPS) is 19.3. The maximum absolute atomic E-state index is 13.6. The number of H-pyrrole nitrogens is 1. The van der Waals surface area contributed by atoms with Gasteiger partial charge in [0.05, 0.1) is 12.6 Å². The Hall–Kier alpha value is -3.63. The third kappa shape index (κ3) is 4.81. The molecule has 10 heteroatoms. The number of aromatic amines is 1. The number of aromatic nitrogens is 5. The summed E-state index contributed by atoms with van der Waals surface area (Å²) in [6.07, 6.45) is 2.06. The minimum atomic E-state index is -0.421. The van der Waals surface area contributed by atoms with Gasteiger partial charge in [0.25, 0.3) is 5.56 Å². The third-order valence-corrected chi connectivity index (χ3v) is 7.71. The number of rotatable bonds is 6. The van der Waals surface area contributed by atoms with E-state index in [4.69, 9.17) is 4.74 Å². The summed E-state index contributed by atoms with van der Waals surface area (Å²) < 4.78 is 21.1. The van der Waals surface area contributed by atoms with Crippen molar-refractivity contribution in [2.24, 2.45) is 0 Å². The van der Waals surface area contributed by atoms with Crippen LogP contribution in [0.1, 0.15) is 41.4 Å². The van der Waals surface area contributed by atoms with E-state index >= 15 is 0 Å². The van der Waals surface area contributed by atoms with Crippen molar-refractivity contribution in [1.82, 2.24) is 30.1 Å². The van der Waals surface area contributed by atoms with Crippen LogP contribution in [0.5, 0.6) is 0 Å². The number of hydrogen-bond acceptors (Lipinski definition) is 7. The summed E-state index contributed by atoms with van der Waals surface area (Å²) in [7, 11) is 0. The third-order valence-electron chi connectivity index (χ3n) is 7.71. The number of fused-ring (bicyclic) bond motifs is 1. The Morgan fingerprint density at radius 1 is 1.11 bits per heavy atom. The summed E-state index contributed by atoms with van der Waals surface area (Å²) in [6, 6.07) is 12.3. The van der Waals surface area contributed by atoms with E-state index in [-0.39, 0.29) is 17.5 Å². The van der Waals surface area contributed by atoms with Gasteiger partial charge in [-0.05, 0) is 84.6 Å². The second kappa shape index (κ2) is 10.3. The summed E-state index contributed by atoms with van der Waals surface area (Å²) in [5.41, 5.74) is 4.52. The molecule has 9 nitrogen and oxygen atoms in total. The highest BCUT2D eigenvalue weighted by Gasteiger charge is 2.33. The van der Waals surface area contributed by atoms with Gasteiger partial charge in [-0.25, -0.2) is 9.07 Å². The van der Waals surface area contributed by atoms with Gasteiger partial charge < -0.3 is 14.6 Å². The van der Waals surface area contributed by atoms with E-state index < -0.39 is 6.04 Å². The average Bonchev–Trinajstić information content (AvgIpc) is 3.59. The van der Waals surface area contributed by atoms with E-state index in [1.165, 1.54) is 12.1 Å². The summed E-state index contributed by atoms with van der Waals surface area (Å²) in [6.45, 7) is 8.26. The van der Waals surface area contributed by atoms with Gasteiger partial charge in [-0.3, -0.25) is 9.69 Å². The number of anilines is 1. The second-order valence-electron chi connectivity index (χ2n) is 10.4. The molecular formula is C28H32FN7O2. The van der Waals surface area contributed by atoms with Gasteiger partial charge in [-0.15, -0.1) is 5.10 Å². The molecule has 2 aliphatic heterocycles. The molecule has 2 aliphatic rings. The number of tetrazole rings is 1. The number of aryl methyl sites for hydroxylation is 2. The van der Waals surface area contributed by atoms with Gasteiger partial charge in [0.15, 0.2) is 5.82 Å². The minimum absolute atomic E-state index is 0.0633. The maximum atomic E-state index is 13.6. The summed E-state index contributed by atoms with van der Waals surface area (Å²) >= 11 is 0. The van der Waals surface area contributed by atoms with Crippen LogP contribution in [0.25, 0.3) is 10.9 Å².